The quantitative estimate of drug-likeness (QED) is 0.917. The summed E-state index contributed by atoms with van der Waals surface area (Å²) in [5, 5.41) is 5.58. The summed E-state index contributed by atoms with van der Waals surface area (Å²) >= 11 is 1.76. The van der Waals surface area contributed by atoms with Crippen LogP contribution in [0.3, 0.4) is 0 Å². The average Bonchev–Trinajstić information content (AvgIpc) is 2.87. The predicted octanol–water partition coefficient (Wildman–Crippen LogP) is 4.04. The molecule has 1 aromatic heterocycles. The van der Waals surface area contributed by atoms with Crippen LogP contribution in [-0.2, 0) is 0 Å². The molecule has 24 heavy (non-hydrogen) atoms. The van der Waals surface area contributed by atoms with Crippen LogP contribution in [0.4, 0.5) is 0 Å². The van der Waals surface area contributed by atoms with E-state index in [1.807, 2.05) is 6.07 Å². The Morgan fingerprint density at radius 1 is 1.21 bits per heavy atom. The van der Waals surface area contributed by atoms with E-state index in [4.69, 9.17) is 4.99 Å². The number of aromatic nitrogens is 1. The van der Waals surface area contributed by atoms with Crippen molar-refractivity contribution in [2.75, 3.05) is 5.75 Å². The molecule has 0 bridgehead atoms. The standard InChI is InChI=1S/C19H22N4S/c1-13-11-17(14(2)23(13)16-9-4-3-5-10-16)18-12-24-19(22-21-18)20-15-7-6-8-15/h3-5,9-11,15H,6-8,12H2,1-2H3,(H,20,22). The highest BCUT2D eigenvalue weighted by atomic mass is 32.2. The topological polar surface area (TPSA) is 41.7 Å². The van der Waals surface area contributed by atoms with Gasteiger partial charge in [0.25, 0.3) is 0 Å². The zero-order chi connectivity index (χ0) is 16.5. The van der Waals surface area contributed by atoms with Gasteiger partial charge in [-0.1, -0.05) is 30.0 Å². The van der Waals surface area contributed by atoms with Gasteiger partial charge in [-0.25, -0.2) is 0 Å². The molecule has 0 atom stereocenters. The molecule has 0 spiro atoms. The number of nitrogens with one attached hydrogen (secondary N) is 1. The van der Waals surface area contributed by atoms with Crippen LogP contribution in [0.2, 0.25) is 0 Å². The van der Waals surface area contributed by atoms with Gasteiger partial charge in [0.1, 0.15) is 0 Å². The van der Waals surface area contributed by atoms with Gasteiger partial charge in [-0.15, -0.1) is 0 Å². The van der Waals surface area contributed by atoms with Crippen molar-refractivity contribution >= 4 is 22.6 Å². The van der Waals surface area contributed by atoms with Crippen LogP contribution >= 0.6 is 11.8 Å². The van der Waals surface area contributed by atoms with Gasteiger partial charge >= 0.3 is 0 Å². The van der Waals surface area contributed by atoms with Crippen LogP contribution in [0.5, 0.6) is 0 Å². The molecule has 1 aliphatic carbocycles. The molecule has 0 amide bonds. The van der Waals surface area contributed by atoms with Crippen LogP contribution in [0.15, 0.2) is 46.5 Å². The van der Waals surface area contributed by atoms with Crippen LogP contribution < -0.4 is 5.43 Å². The Kier molecular flexibility index (Phi) is 4.19. The van der Waals surface area contributed by atoms with Gasteiger partial charge in [0, 0.05) is 28.4 Å². The minimum atomic E-state index is 0.514. The summed E-state index contributed by atoms with van der Waals surface area (Å²) in [6.07, 6.45) is 3.76. The monoisotopic (exact) mass is 338 g/mol. The molecule has 4 rings (SSSR count). The van der Waals surface area contributed by atoms with Gasteiger partial charge in [-0.2, -0.15) is 5.10 Å². The normalized spacial score (nSPS) is 19.8. The molecular formula is C19H22N4S. The van der Waals surface area contributed by atoms with Gasteiger partial charge in [0.15, 0.2) is 5.17 Å². The summed E-state index contributed by atoms with van der Waals surface area (Å²) in [5.41, 5.74) is 9.14. The van der Waals surface area contributed by atoms with Gasteiger partial charge in [0.2, 0.25) is 0 Å². The number of hydrogen-bond donors (Lipinski definition) is 1. The van der Waals surface area contributed by atoms with Crippen LogP contribution in [0.1, 0.15) is 36.2 Å². The number of hydrogen-bond acceptors (Lipinski definition) is 3. The van der Waals surface area contributed by atoms with E-state index >= 15 is 0 Å². The van der Waals surface area contributed by atoms with Crippen molar-refractivity contribution in [3.05, 3.63) is 53.3 Å². The molecule has 0 radical (unpaired) electrons. The molecule has 0 saturated heterocycles. The molecule has 1 aliphatic heterocycles. The Morgan fingerprint density at radius 2 is 2.00 bits per heavy atom. The molecule has 1 saturated carbocycles. The van der Waals surface area contributed by atoms with Crippen molar-refractivity contribution in [1.82, 2.24) is 9.99 Å². The lowest BCUT2D eigenvalue weighted by Gasteiger charge is -2.23. The molecule has 4 nitrogen and oxygen atoms in total. The second-order valence-corrected chi connectivity index (χ2v) is 7.40. The summed E-state index contributed by atoms with van der Waals surface area (Å²) < 4.78 is 2.29. The minimum absolute atomic E-state index is 0.514. The lowest BCUT2D eigenvalue weighted by atomic mass is 9.94. The van der Waals surface area contributed by atoms with E-state index in [0.717, 1.165) is 16.6 Å². The number of hydrazone groups is 1. The minimum Gasteiger partial charge on any atom is -0.318 e. The van der Waals surface area contributed by atoms with Crippen molar-refractivity contribution in [1.29, 1.82) is 0 Å². The van der Waals surface area contributed by atoms with E-state index in [2.05, 4.69) is 59.3 Å². The first-order chi connectivity index (χ1) is 11.7. The van der Waals surface area contributed by atoms with Crippen molar-refractivity contribution < 1.29 is 0 Å². The average molecular weight is 338 g/mol. The third-order valence-electron chi connectivity index (χ3n) is 4.76. The SMILES string of the molecule is Cc1cc(C2=NNC(=NC3CCC3)SC2)c(C)n1-c1ccccc1. The number of benzene rings is 1. The van der Waals surface area contributed by atoms with E-state index in [1.165, 1.54) is 41.9 Å². The summed E-state index contributed by atoms with van der Waals surface area (Å²) in [6.45, 7) is 4.32. The lowest BCUT2D eigenvalue weighted by Crippen LogP contribution is -2.28. The fraction of sp³-hybridized carbons (Fsp3) is 0.368. The van der Waals surface area contributed by atoms with E-state index < -0.39 is 0 Å². The van der Waals surface area contributed by atoms with Crippen molar-refractivity contribution in [2.45, 2.75) is 39.2 Å². The molecule has 0 unspecified atom stereocenters. The molecule has 2 heterocycles. The zero-order valence-electron chi connectivity index (χ0n) is 14.1. The van der Waals surface area contributed by atoms with E-state index in [1.54, 1.807) is 11.8 Å². The number of para-hydroxylation sites is 1. The van der Waals surface area contributed by atoms with Crippen LogP contribution in [0, 0.1) is 13.8 Å². The smallest absolute Gasteiger partial charge is 0.177 e. The highest BCUT2D eigenvalue weighted by Crippen LogP contribution is 2.26. The second-order valence-electron chi connectivity index (χ2n) is 6.43. The molecule has 1 fully saturated rings. The maximum atomic E-state index is 4.72. The van der Waals surface area contributed by atoms with E-state index in [-0.39, 0.29) is 0 Å². The van der Waals surface area contributed by atoms with Crippen molar-refractivity contribution in [3.63, 3.8) is 0 Å². The first kappa shape index (κ1) is 15.5. The number of amidine groups is 1. The number of aryl methyl sites for hydroxylation is 1. The Hall–Kier alpha value is -2.01. The van der Waals surface area contributed by atoms with E-state index in [9.17, 15) is 0 Å². The molecular weight excluding hydrogens is 316 g/mol. The Labute approximate surface area is 147 Å². The van der Waals surface area contributed by atoms with Gasteiger partial charge in [0.05, 0.1) is 11.8 Å². The van der Waals surface area contributed by atoms with Gasteiger partial charge in [-0.05, 0) is 51.3 Å². The number of thioether (sulfide) groups is 1. The highest BCUT2D eigenvalue weighted by molar-refractivity contribution is 8.14. The maximum Gasteiger partial charge on any atom is 0.177 e. The first-order valence-corrected chi connectivity index (χ1v) is 9.49. The summed E-state index contributed by atoms with van der Waals surface area (Å²) in [6, 6.07) is 13.2. The Morgan fingerprint density at radius 3 is 2.62 bits per heavy atom. The number of rotatable bonds is 3. The molecule has 1 aromatic carbocycles. The lowest BCUT2D eigenvalue weighted by molar-refractivity contribution is 0.420. The number of aliphatic imine (C=N–C) groups is 1. The summed E-state index contributed by atoms with van der Waals surface area (Å²) in [5.74, 6) is 0.873. The van der Waals surface area contributed by atoms with Gasteiger partial charge in [-0.3, -0.25) is 10.4 Å². The van der Waals surface area contributed by atoms with Crippen molar-refractivity contribution in [3.8, 4) is 5.69 Å². The molecule has 124 valence electrons. The largest absolute Gasteiger partial charge is 0.318 e. The maximum absolute atomic E-state index is 4.72. The Bertz CT molecular complexity index is 800. The third kappa shape index (κ3) is 2.88. The van der Waals surface area contributed by atoms with E-state index in [0.29, 0.717) is 6.04 Å². The fourth-order valence-corrected chi connectivity index (χ4v) is 4.06. The molecule has 5 heteroatoms. The zero-order valence-corrected chi connectivity index (χ0v) is 14.9. The third-order valence-corrected chi connectivity index (χ3v) is 5.65. The molecule has 2 aliphatic rings. The number of nitrogens with zero attached hydrogens (tertiary/aromatic N) is 3. The molecule has 1 N–H and O–H groups in total. The van der Waals surface area contributed by atoms with Crippen molar-refractivity contribution in [2.24, 2.45) is 10.1 Å². The van der Waals surface area contributed by atoms with Gasteiger partial charge < -0.3 is 4.57 Å². The summed E-state index contributed by atoms with van der Waals surface area (Å²) in [4.78, 5) is 4.72. The highest BCUT2D eigenvalue weighted by Gasteiger charge is 2.21. The molecule has 2 aromatic rings. The Balaban J connectivity index is 1.60. The fourth-order valence-electron chi connectivity index (χ4n) is 3.23. The van der Waals surface area contributed by atoms with Crippen LogP contribution in [-0.4, -0.2) is 27.2 Å². The second kappa shape index (κ2) is 6.48. The summed E-state index contributed by atoms with van der Waals surface area (Å²) in [7, 11) is 0. The van der Waals surface area contributed by atoms with Crippen LogP contribution in [0.25, 0.3) is 5.69 Å². The first-order valence-electron chi connectivity index (χ1n) is 8.50. The predicted molar refractivity (Wildman–Crippen MR) is 102 cm³/mol.